The van der Waals surface area contributed by atoms with Crippen molar-refractivity contribution in [2.45, 2.75) is 52.1 Å². The fourth-order valence-corrected chi connectivity index (χ4v) is 4.66. The van der Waals surface area contributed by atoms with Gasteiger partial charge in [-0.25, -0.2) is 0 Å². The summed E-state index contributed by atoms with van der Waals surface area (Å²) in [4.78, 5) is 2.25. The summed E-state index contributed by atoms with van der Waals surface area (Å²) >= 11 is 0. The van der Waals surface area contributed by atoms with Crippen molar-refractivity contribution in [1.82, 2.24) is 4.90 Å². The quantitative estimate of drug-likeness (QED) is 0.300. The van der Waals surface area contributed by atoms with Crippen molar-refractivity contribution in [2.24, 2.45) is 0 Å². The van der Waals surface area contributed by atoms with Crippen LogP contribution in [0.2, 0.25) is 0 Å². The SMILES string of the molecule is CC/C(=C(\c1ccccc1)c1ccc(OCC(CO)N(C)C(CC)CC)cc1)c1ccccc1. The average Bonchev–Trinajstić information content (AvgIpc) is 2.90. The number of aliphatic hydroxyl groups is 1. The lowest BCUT2D eigenvalue weighted by Crippen LogP contribution is -2.45. The standard InChI is InChI=1S/C31H39NO2/c1-5-27(6-2)32(4)28(22-33)23-34-29-20-18-26(19-21-29)31(25-16-12-9-13-17-25)30(7-3)24-14-10-8-11-15-24/h8-21,27-28,33H,5-7,22-23H2,1-4H3/b31-30-. The summed E-state index contributed by atoms with van der Waals surface area (Å²) in [5, 5.41) is 9.93. The normalized spacial score (nSPS) is 13.1. The van der Waals surface area contributed by atoms with Crippen LogP contribution < -0.4 is 4.74 Å². The van der Waals surface area contributed by atoms with Crippen LogP contribution in [-0.2, 0) is 0 Å². The third-order valence-corrected chi connectivity index (χ3v) is 6.73. The molecule has 1 unspecified atom stereocenters. The van der Waals surface area contributed by atoms with E-state index in [4.69, 9.17) is 4.74 Å². The smallest absolute Gasteiger partial charge is 0.119 e. The van der Waals surface area contributed by atoms with E-state index in [0.29, 0.717) is 12.6 Å². The Bertz CT molecular complexity index is 1010. The van der Waals surface area contributed by atoms with Crippen LogP contribution in [0.4, 0.5) is 0 Å². The van der Waals surface area contributed by atoms with Gasteiger partial charge in [0, 0.05) is 6.04 Å². The Labute approximate surface area is 205 Å². The van der Waals surface area contributed by atoms with Crippen LogP contribution in [0.3, 0.4) is 0 Å². The van der Waals surface area contributed by atoms with Crippen LogP contribution in [-0.4, -0.2) is 42.4 Å². The van der Waals surface area contributed by atoms with Gasteiger partial charge in [-0.05, 0) is 66.3 Å². The highest BCUT2D eigenvalue weighted by Crippen LogP contribution is 2.34. The van der Waals surface area contributed by atoms with Crippen LogP contribution in [0.1, 0.15) is 56.7 Å². The van der Waals surface area contributed by atoms with Gasteiger partial charge in [0.25, 0.3) is 0 Å². The molecule has 0 saturated carbocycles. The zero-order valence-electron chi connectivity index (χ0n) is 21.1. The lowest BCUT2D eigenvalue weighted by atomic mass is 9.88. The first-order valence-corrected chi connectivity index (χ1v) is 12.5. The molecule has 0 aliphatic heterocycles. The van der Waals surface area contributed by atoms with E-state index in [1.807, 2.05) is 12.1 Å². The minimum absolute atomic E-state index is 0.0193. The van der Waals surface area contributed by atoms with Crippen molar-refractivity contribution < 1.29 is 9.84 Å². The summed E-state index contributed by atoms with van der Waals surface area (Å²) in [5.74, 6) is 0.824. The molecule has 0 aromatic heterocycles. The molecule has 1 atom stereocenters. The molecule has 0 aliphatic rings. The number of aliphatic hydroxyl groups excluding tert-OH is 1. The van der Waals surface area contributed by atoms with E-state index < -0.39 is 0 Å². The molecule has 0 amide bonds. The van der Waals surface area contributed by atoms with Gasteiger partial charge in [-0.2, -0.15) is 0 Å². The van der Waals surface area contributed by atoms with Crippen LogP contribution >= 0.6 is 0 Å². The highest BCUT2D eigenvalue weighted by atomic mass is 16.5. The molecule has 3 rings (SSSR count). The second-order valence-corrected chi connectivity index (χ2v) is 8.75. The molecule has 180 valence electrons. The summed E-state index contributed by atoms with van der Waals surface area (Å²) < 4.78 is 6.11. The van der Waals surface area contributed by atoms with Gasteiger partial charge >= 0.3 is 0 Å². The number of likely N-dealkylation sites (N-methyl/N-ethyl adjacent to an activating group) is 1. The third-order valence-electron chi connectivity index (χ3n) is 6.73. The minimum Gasteiger partial charge on any atom is -0.492 e. The maximum atomic E-state index is 9.93. The average molecular weight is 458 g/mol. The molecule has 0 fully saturated rings. The molecule has 34 heavy (non-hydrogen) atoms. The zero-order valence-corrected chi connectivity index (χ0v) is 21.1. The van der Waals surface area contributed by atoms with Crippen molar-refractivity contribution in [3.63, 3.8) is 0 Å². The summed E-state index contributed by atoms with van der Waals surface area (Å²) in [6.07, 6.45) is 3.06. The number of allylic oxidation sites excluding steroid dienone is 1. The van der Waals surface area contributed by atoms with E-state index in [0.717, 1.165) is 25.0 Å². The van der Waals surface area contributed by atoms with Crippen LogP contribution in [0.15, 0.2) is 84.9 Å². The first-order valence-electron chi connectivity index (χ1n) is 12.5. The molecule has 3 aromatic carbocycles. The molecule has 1 N–H and O–H groups in total. The van der Waals surface area contributed by atoms with Gasteiger partial charge in [0.1, 0.15) is 12.4 Å². The largest absolute Gasteiger partial charge is 0.492 e. The molecule has 0 bridgehead atoms. The topological polar surface area (TPSA) is 32.7 Å². The number of benzene rings is 3. The second kappa shape index (κ2) is 13.1. The fourth-order valence-electron chi connectivity index (χ4n) is 4.66. The van der Waals surface area contributed by atoms with E-state index in [1.54, 1.807) is 0 Å². The van der Waals surface area contributed by atoms with Crippen molar-refractivity contribution in [3.05, 3.63) is 102 Å². The van der Waals surface area contributed by atoms with Gasteiger partial charge in [0.2, 0.25) is 0 Å². The number of hydrogen-bond donors (Lipinski definition) is 1. The van der Waals surface area contributed by atoms with Crippen molar-refractivity contribution in [2.75, 3.05) is 20.3 Å². The minimum atomic E-state index is -0.0193. The molecular weight excluding hydrogens is 418 g/mol. The third kappa shape index (κ3) is 6.37. The molecule has 0 radical (unpaired) electrons. The van der Waals surface area contributed by atoms with E-state index >= 15 is 0 Å². The number of hydrogen-bond acceptors (Lipinski definition) is 3. The van der Waals surface area contributed by atoms with E-state index in [9.17, 15) is 5.11 Å². The van der Waals surface area contributed by atoms with Gasteiger partial charge in [0.15, 0.2) is 0 Å². The van der Waals surface area contributed by atoms with Crippen molar-refractivity contribution >= 4 is 11.1 Å². The van der Waals surface area contributed by atoms with Gasteiger partial charge in [-0.3, -0.25) is 4.90 Å². The number of ether oxygens (including phenoxy) is 1. The molecule has 0 spiro atoms. The van der Waals surface area contributed by atoms with Gasteiger partial charge in [0.05, 0.1) is 12.6 Å². The number of rotatable bonds is 12. The Kier molecular flexibility index (Phi) is 9.93. The highest BCUT2D eigenvalue weighted by Gasteiger charge is 2.21. The van der Waals surface area contributed by atoms with Crippen LogP contribution in [0.25, 0.3) is 11.1 Å². The highest BCUT2D eigenvalue weighted by molar-refractivity contribution is 5.98. The van der Waals surface area contributed by atoms with Gasteiger partial charge in [-0.15, -0.1) is 0 Å². The van der Waals surface area contributed by atoms with Crippen LogP contribution in [0.5, 0.6) is 5.75 Å². The Morgan fingerprint density at radius 3 is 1.76 bits per heavy atom. The Balaban J connectivity index is 1.87. The molecular formula is C31H39NO2. The second-order valence-electron chi connectivity index (χ2n) is 8.75. The molecule has 3 aromatic rings. The molecule has 0 aliphatic carbocycles. The Morgan fingerprint density at radius 1 is 0.735 bits per heavy atom. The molecule has 0 heterocycles. The van der Waals surface area contributed by atoms with Crippen molar-refractivity contribution in [1.29, 1.82) is 0 Å². The first-order chi connectivity index (χ1) is 16.6. The van der Waals surface area contributed by atoms with Crippen LogP contribution in [0, 0.1) is 0 Å². The first kappa shape index (κ1) is 25.7. The van der Waals surface area contributed by atoms with Gasteiger partial charge in [-0.1, -0.05) is 93.6 Å². The predicted molar refractivity (Wildman–Crippen MR) is 144 cm³/mol. The lowest BCUT2D eigenvalue weighted by molar-refractivity contribution is 0.0684. The van der Waals surface area contributed by atoms with E-state index in [2.05, 4.69) is 106 Å². The summed E-state index contributed by atoms with van der Waals surface area (Å²) in [6.45, 7) is 7.15. The molecule has 3 heteroatoms. The fraction of sp³-hybridized carbons (Fsp3) is 0.355. The summed E-state index contributed by atoms with van der Waals surface area (Å²) in [7, 11) is 2.08. The number of nitrogens with zero attached hydrogens (tertiary/aromatic N) is 1. The zero-order chi connectivity index (χ0) is 24.3. The summed E-state index contributed by atoms with van der Waals surface area (Å²) in [6, 6.07) is 30.0. The van der Waals surface area contributed by atoms with Crippen molar-refractivity contribution in [3.8, 4) is 5.75 Å². The predicted octanol–water partition coefficient (Wildman–Crippen LogP) is 6.92. The van der Waals surface area contributed by atoms with Gasteiger partial charge < -0.3 is 9.84 Å². The van der Waals surface area contributed by atoms with E-state index in [1.165, 1.54) is 27.8 Å². The van der Waals surface area contributed by atoms with E-state index in [-0.39, 0.29) is 12.6 Å². The monoisotopic (exact) mass is 457 g/mol. The molecule has 0 saturated heterocycles. The molecule has 3 nitrogen and oxygen atoms in total. The maximum Gasteiger partial charge on any atom is 0.119 e. The Hall–Kier alpha value is -2.88. The Morgan fingerprint density at radius 2 is 1.26 bits per heavy atom. The summed E-state index contributed by atoms with van der Waals surface area (Å²) in [5.41, 5.74) is 6.21. The lowest BCUT2D eigenvalue weighted by Gasteiger charge is -2.33. The maximum absolute atomic E-state index is 9.93.